The minimum Gasteiger partial charge on any atom is -0.479 e. The molecule has 0 spiro atoms. The first-order valence-electron chi connectivity index (χ1n) is 13.0. The summed E-state index contributed by atoms with van der Waals surface area (Å²) in [6, 6.07) is 11.8. The zero-order valence-corrected chi connectivity index (χ0v) is 23.1. The van der Waals surface area contributed by atoms with Crippen LogP contribution in [0.15, 0.2) is 30.3 Å². The summed E-state index contributed by atoms with van der Waals surface area (Å²) in [7, 11) is 0. The Balaban J connectivity index is -0.00000000187. The van der Waals surface area contributed by atoms with Crippen LogP contribution in [0.2, 0.25) is 5.02 Å². The number of hydrogen-bond donors (Lipinski definition) is 1. The van der Waals surface area contributed by atoms with Crippen LogP contribution in [-0.2, 0) is 9.53 Å². The van der Waals surface area contributed by atoms with Gasteiger partial charge in [-0.3, -0.25) is 9.80 Å². The Labute approximate surface area is 351 Å². The fourth-order valence-corrected chi connectivity index (χ4v) is 5.44. The summed E-state index contributed by atoms with van der Waals surface area (Å²) in [5, 5.41) is 4.84. The minimum atomic E-state index is -0.744. The third kappa shape index (κ3) is 6.08. The highest BCUT2D eigenvalue weighted by molar-refractivity contribution is 6.31. The van der Waals surface area contributed by atoms with Gasteiger partial charge in [-0.15, -0.1) is 0 Å². The maximum Gasteiger partial charge on any atom is 0.332 e. The van der Waals surface area contributed by atoms with Crippen LogP contribution < -0.4 is 0 Å². The van der Waals surface area contributed by atoms with E-state index in [1.165, 1.54) is 27.8 Å². The molecule has 1 heterocycles. The van der Waals surface area contributed by atoms with E-state index in [1.54, 1.807) is 6.92 Å². The Kier molecular flexibility index (Phi) is 8.54. The summed E-state index contributed by atoms with van der Waals surface area (Å²) in [5.74, 6) is -0.668. The molecule has 0 radical (unpaired) electrons. The second-order valence-corrected chi connectivity index (χ2v) is 10.8. The molecule has 0 bridgehead atoms. The molecule has 5 unspecified atom stereocenters. The number of hydrogen-bond acceptors (Lipinski definition) is 5. The van der Waals surface area contributed by atoms with E-state index in [0.717, 1.165) is 23.7 Å². The van der Waals surface area contributed by atoms with Crippen molar-refractivity contribution in [3.63, 3.8) is 0 Å². The molecule has 0 saturated carbocycles. The van der Waals surface area contributed by atoms with Crippen molar-refractivity contribution in [2.24, 2.45) is 0 Å². The molecule has 2 aromatic carbocycles. The summed E-state index contributed by atoms with van der Waals surface area (Å²) in [5.41, 5.74) is 7.68. The lowest BCUT2D eigenvalue weighted by atomic mass is 9.87. The van der Waals surface area contributed by atoms with Gasteiger partial charge in [0.1, 0.15) is 0 Å². The van der Waals surface area contributed by atoms with Gasteiger partial charge in [0.15, 0.2) is 6.10 Å². The molecule has 1 saturated heterocycles. The third-order valence-corrected chi connectivity index (χ3v) is 8.17. The van der Waals surface area contributed by atoms with E-state index >= 15 is 0 Å². The van der Waals surface area contributed by atoms with Gasteiger partial charge in [-0.25, -0.2) is 4.79 Å². The Hall–Kier alpha value is -1.92. The molecular formula is C29H221ClN2O3. The van der Waals surface area contributed by atoms with Gasteiger partial charge in [0.25, 0.3) is 1.43 Å². The van der Waals surface area contributed by atoms with Crippen molar-refractivity contribution in [3.05, 3.63) is 68.7 Å². The van der Waals surface area contributed by atoms with Gasteiger partial charge < -0.3 is 9.85 Å². The van der Waals surface area contributed by atoms with Gasteiger partial charge in [-0.1, -0.05) is 35.9 Å². The van der Waals surface area contributed by atoms with Crippen molar-refractivity contribution in [1.29, 1.82) is 1.43 Å². The molecule has 0 amide bonds. The first-order valence-corrected chi connectivity index (χ1v) is 13.0. The van der Waals surface area contributed by atoms with Gasteiger partial charge in [0, 0.05) is 165 Å². The lowest BCUT2D eigenvalue weighted by molar-refractivity contribution is -0.150. The number of piperazine rings is 1. The summed E-state index contributed by atoms with van der Waals surface area (Å²) < 4.78 is 12.5. The molecule has 3 rings (SSSR count). The summed E-state index contributed by atoms with van der Waals surface area (Å²) >= 11 is 6.41. The van der Waals surface area contributed by atoms with E-state index in [9.17, 15) is 4.79 Å². The smallest absolute Gasteiger partial charge is 0.332 e. The van der Waals surface area contributed by atoms with Crippen LogP contribution in [0.5, 0.6) is 0 Å². The van der Waals surface area contributed by atoms with Gasteiger partial charge in [0.2, 0.25) is 0 Å². The number of aryl methyl sites for hydroxylation is 2. The molecule has 0 aromatic heterocycles. The lowest BCUT2D eigenvalue weighted by Crippen LogP contribution is -2.60. The number of rotatable bonds is 8. The van der Waals surface area contributed by atoms with Crippen molar-refractivity contribution in [2.75, 3.05) is 19.7 Å². The number of benzene rings is 2. The van der Waals surface area contributed by atoms with Gasteiger partial charge >= 0.3 is 5.97 Å². The Morgan fingerprint density at radius 3 is 2.37 bits per heavy atom. The molecule has 1 aliphatic heterocycles. The van der Waals surface area contributed by atoms with E-state index < -0.39 is 12.1 Å². The molecule has 1 fully saturated rings. The van der Waals surface area contributed by atoms with Crippen molar-refractivity contribution in [2.45, 2.75) is 85.7 Å². The fourth-order valence-electron chi connectivity index (χ4n) is 5.33. The number of ether oxygens (including phenoxy) is 1. The Morgan fingerprint density at radius 2 is 1.77 bits per heavy atom. The first kappa shape index (κ1) is 26.2. The predicted octanol–water partition coefficient (Wildman–Crippen LogP) is 28.1. The molecule has 1 aliphatic rings. The second-order valence-electron chi connectivity index (χ2n) is 10.4. The summed E-state index contributed by atoms with van der Waals surface area (Å²) in [6.07, 6.45) is -0.744. The summed E-state index contributed by atoms with van der Waals surface area (Å²) in [4.78, 5) is 16.6. The van der Waals surface area contributed by atoms with Crippen molar-refractivity contribution < 1.29 is 143 Å². The maximum atomic E-state index is 11.5. The number of carboxylic acids is 1. The SMILES string of the molecule is [2H]OC(=O)C(C)OCC(C)N1CC(C)N(C(c2ccc(Cl)c(C)c2)c2ccc(C)c(C)c2C)C(C)C1.[HH].[HH].[HH].[HH].[HH].[HH].[HH].[HH].[HH].[HH].[HH].[HH].[HH].[HH].[HH].[HH].[HH].[HH].[HH].[HH].[HH].[HH].[HH].[HH].[HH].[HH].[HH].[HH].[HH].[HH].[HH].[HH].[HH].[HH].[HH].[HH].[HH].[HH].[HH].[HH].[HH].[HH].[HH].[HH].[HH].[HH].[HH].[HH].[HH].[HH].[HH].[HH].[HH].[HH].[HH].[HH].[HH].[HH].[HH].[HH].[HH].[HH].[HH].[HH].[HH].[HH].[HH].[HH].[HH].[HH].[HH].[HH].[HH].[HH].[HH].[HH].[HH].[HH].[HH].[HH].[HH].[HH].[HH].[HH].[HH].[HH].[HH].[HH].[HH].[HH]. The van der Waals surface area contributed by atoms with Crippen LogP contribution in [0.3, 0.4) is 0 Å². The molecule has 2 aromatic rings. The van der Waals surface area contributed by atoms with Crippen molar-refractivity contribution in [3.8, 4) is 0 Å². The standard InChI is InChI=1S/C29H41ClN2O3.90H2/c1-17-9-11-26(23(7)22(17)6)28(25-10-12-27(30)18(2)13-25)32-19(3)14-31(15-20(32)4)21(5)16-35-24(8)29(33)34;;;;;;;;;;;;;;;;;;;;;;;;;;;;;;;;;;;;;;;;;;;;;;;;;;;;;;;;;;;;;;;;;;;;;;;;;;;;;;;;;;;;;;;;;;/h9-13,19-21,24,28H,14-16H2,1-8H3,(H,33,34);90*1H/i/hD. The molecule has 6 heteroatoms. The largest absolute Gasteiger partial charge is 0.479 e. The van der Waals surface area contributed by atoms with E-state index in [0.29, 0.717) is 6.61 Å². The lowest BCUT2D eigenvalue weighted by Gasteiger charge is -2.50. The Bertz CT molecular complexity index is 1170. The van der Waals surface area contributed by atoms with Gasteiger partial charge in [0.05, 0.1) is 12.6 Å². The van der Waals surface area contributed by atoms with Crippen LogP contribution in [0, 0.1) is 27.7 Å². The van der Waals surface area contributed by atoms with Crippen molar-refractivity contribution >= 4 is 17.6 Å². The molecule has 5 nitrogen and oxygen atoms in total. The quantitative estimate of drug-likeness (QED) is 0.300. The molecule has 35 heavy (non-hydrogen) atoms. The van der Waals surface area contributed by atoms with Crippen LogP contribution in [-0.4, -0.2) is 64.8 Å². The summed E-state index contributed by atoms with van der Waals surface area (Å²) in [6.45, 7) is 19.2. The highest BCUT2D eigenvalue weighted by atomic mass is 35.5. The van der Waals surface area contributed by atoms with Gasteiger partial charge in [-0.05, 0) is 94.8 Å². The molecule has 5 atom stereocenters. The third-order valence-electron chi connectivity index (χ3n) is 7.75. The minimum absolute atomic E-state index is 0. The number of carboxylic acid groups (broad SMARTS) is 1. The predicted molar refractivity (Wildman–Crippen MR) is 334 cm³/mol. The highest BCUT2D eigenvalue weighted by Gasteiger charge is 2.38. The van der Waals surface area contributed by atoms with Crippen LogP contribution in [0.1, 0.15) is 196 Å². The second kappa shape index (κ2) is 11.4. The monoisotopic (exact) mass is 683 g/mol. The van der Waals surface area contributed by atoms with Crippen LogP contribution in [0.4, 0.5) is 0 Å². The van der Waals surface area contributed by atoms with Gasteiger partial charge in [-0.2, -0.15) is 0 Å². The van der Waals surface area contributed by atoms with Crippen LogP contribution >= 0.6 is 11.6 Å². The zero-order chi connectivity index (χ0) is 26.7. The number of halogens is 1. The average molecular weight is 684 g/mol. The zero-order valence-electron chi connectivity index (χ0n) is 23.4. The number of carbonyl (C=O) groups is 1. The first-order chi connectivity index (χ1) is 17.0. The average Bonchev–Trinajstić information content (AvgIpc) is 2.84. The highest BCUT2D eigenvalue weighted by Crippen LogP contribution is 2.38. The van der Waals surface area contributed by atoms with Crippen molar-refractivity contribution in [1.82, 2.24) is 9.80 Å². The van der Waals surface area contributed by atoms with E-state index in [1.807, 2.05) is 6.07 Å². The maximum absolute atomic E-state index is 11.5. The Morgan fingerprint density at radius 1 is 1.11 bits per heavy atom. The van der Waals surface area contributed by atoms with E-state index in [-0.39, 0.29) is 153 Å². The molecule has 1 N–H and O–H groups in total. The fraction of sp³-hybridized carbons (Fsp3) is 0.552. The number of nitrogens with zero attached hydrogens (tertiary/aromatic N) is 2. The normalized spacial score (nSPS) is 22.4. The topological polar surface area (TPSA) is 53.0 Å². The van der Waals surface area contributed by atoms with E-state index in [2.05, 4.69) is 87.6 Å². The van der Waals surface area contributed by atoms with Crippen LogP contribution in [0.25, 0.3) is 1.43 Å². The molecule has 372 valence electrons. The number of aliphatic carboxylic acids is 1. The molecular weight excluding hydrogens is 460 g/mol. The van der Waals surface area contributed by atoms with E-state index in [4.69, 9.17) is 17.8 Å². The molecule has 0 aliphatic carbocycles.